The molecule has 0 aromatic heterocycles. The van der Waals surface area contributed by atoms with Gasteiger partial charge in [0.25, 0.3) is 0 Å². The molecule has 7 heavy (non-hydrogen) atoms. The summed E-state index contributed by atoms with van der Waals surface area (Å²) in [6.45, 7) is 1.97. The second-order valence-electron chi connectivity index (χ2n) is 1.11. The van der Waals surface area contributed by atoms with Crippen LogP contribution < -0.4 is 0 Å². The Morgan fingerprint density at radius 2 is 2.14 bits per heavy atom. The van der Waals surface area contributed by atoms with Crippen molar-refractivity contribution in [2.24, 2.45) is 0 Å². The lowest BCUT2D eigenvalue weighted by Crippen LogP contribution is -1.78. The van der Waals surface area contributed by atoms with Gasteiger partial charge in [0.15, 0.2) is 4.69 Å². The van der Waals surface area contributed by atoms with Crippen LogP contribution in [0.5, 0.6) is 0 Å². The first-order chi connectivity index (χ1) is 2.77. The molecule has 0 aliphatic rings. The average molecular weight is 232 g/mol. The summed E-state index contributed by atoms with van der Waals surface area (Å²) >= 11 is 2.80. The number of rotatable bonds is 2. The Morgan fingerprint density at radius 3 is 2.14 bits per heavy atom. The van der Waals surface area contributed by atoms with Crippen molar-refractivity contribution in [1.29, 1.82) is 0 Å². The van der Waals surface area contributed by atoms with Crippen LogP contribution in [0, 0.1) is 0 Å². The summed E-state index contributed by atoms with van der Waals surface area (Å²) in [7, 11) is 0. The molecule has 0 saturated heterocycles. The van der Waals surface area contributed by atoms with Gasteiger partial charge in [-0.15, -0.1) is 17.0 Å². The first-order valence-electron chi connectivity index (χ1n) is 1.95. The van der Waals surface area contributed by atoms with Crippen LogP contribution in [0.25, 0.3) is 0 Å². The molecule has 0 radical (unpaired) electrons. The van der Waals surface area contributed by atoms with Crippen LogP contribution in [0.15, 0.2) is 0 Å². The standard InChI is InChI=1S/C4H7BrO.BrH/c1-2-3-4(5)6;/h2-3H2,1H3;1H. The fourth-order valence-electron chi connectivity index (χ4n) is 0.197. The Hall–Kier alpha value is 0.630. The van der Waals surface area contributed by atoms with Crippen molar-refractivity contribution in [2.75, 3.05) is 0 Å². The minimum absolute atomic E-state index is 0. The average Bonchev–Trinajstić information content (AvgIpc) is 1.35. The molecule has 0 aromatic carbocycles. The van der Waals surface area contributed by atoms with Gasteiger partial charge in [0.1, 0.15) is 0 Å². The quantitative estimate of drug-likeness (QED) is 0.667. The maximum atomic E-state index is 9.96. The maximum Gasteiger partial charge on any atom is 0.197 e. The van der Waals surface area contributed by atoms with Crippen LogP contribution in [-0.4, -0.2) is 4.69 Å². The van der Waals surface area contributed by atoms with E-state index < -0.39 is 0 Å². The zero-order chi connectivity index (χ0) is 4.99. The minimum atomic E-state index is 0. The molecule has 0 saturated carbocycles. The van der Waals surface area contributed by atoms with E-state index in [0.717, 1.165) is 6.42 Å². The topological polar surface area (TPSA) is 17.1 Å². The lowest BCUT2D eigenvalue weighted by atomic mass is 10.4. The predicted molar refractivity (Wildman–Crippen MR) is 39.2 cm³/mol. The van der Waals surface area contributed by atoms with E-state index in [-0.39, 0.29) is 21.7 Å². The fourth-order valence-corrected chi connectivity index (χ4v) is 0.593. The third-order valence-corrected chi connectivity index (χ3v) is 0.843. The van der Waals surface area contributed by atoms with Crippen molar-refractivity contribution in [3.05, 3.63) is 0 Å². The minimum Gasteiger partial charge on any atom is -0.287 e. The van der Waals surface area contributed by atoms with Crippen molar-refractivity contribution in [1.82, 2.24) is 0 Å². The highest BCUT2D eigenvalue weighted by atomic mass is 79.9. The predicted octanol–water partition coefficient (Wildman–Crippen LogP) is 2.29. The number of carbonyl (C=O) groups excluding carboxylic acids is 1. The van der Waals surface area contributed by atoms with E-state index in [1.165, 1.54) is 0 Å². The van der Waals surface area contributed by atoms with Gasteiger partial charge in [0.2, 0.25) is 0 Å². The normalized spacial score (nSPS) is 7.14. The van der Waals surface area contributed by atoms with Crippen molar-refractivity contribution in [3.8, 4) is 0 Å². The molecule has 0 atom stereocenters. The van der Waals surface area contributed by atoms with E-state index >= 15 is 0 Å². The lowest BCUT2D eigenvalue weighted by molar-refractivity contribution is -0.110. The van der Waals surface area contributed by atoms with Gasteiger partial charge >= 0.3 is 0 Å². The molecular weight excluding hydrogens is 224 g/mol. The molecule has 0 aliphatic carbocycles. The molecule has 0 spiro atoms. The van der Waals surface area contributed by atoms with Gasteiger partial charge in [-0.1, -0.05) is 6.92 Å². The van der Waals surface area contributed by atoms with Crippen molar-refractivity contribution >= 4 is 37.6 Å². The summed E-state index contributed by atoms with van der Waals surface area (Å²) in [5.74, 6) is 0. The van der Waals surface area contributed by atoms with Gasteiger partial charge in [-0.25, -0.2) is 0 Å². The van der Waals surface area contributed by atoms with Gasteiger partial charge in [-0.2, -0.15) is 0 Å². The molecule has 1 nitrogen and oxygen atoms in total. The fraction of sp³-hybridized carbons (Fsp3) is 0.750. The van der Waals surface area contributed by atoms with Gasteiger partial charge in [0.05, 0.1) is 0 Å². The highest BCUT2D eigenvalue weighted by Gasteiger charge is 1.86. The number of hydrogen-bond acceptors (Lipinski definition) is 1. The molecule has 0 aromatic rings. The highest BCUT2D eigenvalue weighted by molar-refractivity contribution is 9.18. The van der Waals surface area contributed by atoms with E-state index in [2.05, 4.69) is 15.9 Å². The summed E-state index contributed by atoms with van der Waals surface area (Å²) in [6.07, 6.45) is 1.59. The van der Waals surface area contributed by atoms with Crippen molar-refractivity contribution < 1.29 is 4.79 Å². The van der Waals surface area contributed by atoms with Crippen LogP contribution in [0.2, 0.25) is 0 Å². The number of hydrogen-bond donors (Lipinski definition) is 0. The third-order valence-electron chi connectivity index (χ3n) is 0.447. The summed E-state index contributed by atoms with van der Waals surface area (Å²) in [5.41, 5.74) is 0. The SMILES string of the molecule is Br.CCCC(=O)Br. The van der Waals surface area contributed by atoms with E-state index in [1.54, 1.807) is 0 Å². The van der Waals surface area contributed by atoms with E-state index in [0.29, 0.717) is 6.42 Å². The van der Waals surface area contributed by atoms with Gasteiger partial charge in [-0.05, 0) is 22.4 Å². The van der Waals surface area contributed by atoms with E-state index in [9.17, 15) is 4.79 Å². The highest BCUT2D eigenvalue weighted by Crippen LogP contribution is 1.93. The summed E-state index contributed by atoms with van der Waals surface area (Å²) in [5, 5.41) is 0. The second kappa shape index (κ2) is 6.63. The smallest absolute Gasteiger partial charge is 0.197 e. The van der Waals surface area contributed by atoms with Crippen molar-refractivity contribution in [3.63, 3.8) is 0 Å². The number of carbonyl (C=O) groups is 1. The molecule has 0 N–H and O–H groups in total. The molecule has 3 heteroatoms. The van der Waals surface area contributed by atoms with Gasteiger partial charge in [0, 0.05) is 6.42 Å². The molecule has 0 heterocycles. The Morgan fingerprint density at radius 1 is 1.71 bits per heavy atom. The zero-order valence-electron chi connectivity index (χ0n) is 4.11. The first-order valence-corrected chi connectivity index (χ1v) is 2.75. The Bertz CT molecular complexity index is 53.7. The molecule has 0 rings (SSSR count). The molecular formula is C4H8Br2O. The largest absolute Gasteiger partial charge is 0.287 e. The number of halogens is 2. The van der Waals surface area contributed by atoms with Crippen LogP contribution in [-0.2, 0) is 4.79 Å². The monoisotopic (exact) mass is 230 g/mol. The Kier molecular flexibility index (Phi) is 10.0. The molecule has 0 amide bonds. The Labute approximate surface area is 62.4 Å². The Balaban J connectivity index is 0. The molecule has 0 fully saturated rings. The van der Waals surface area contributed by atoms with E-state index in [4.69, 9.17) is 0 Å². The van der Waals surface area contributed by atoms with Gasteiger partial charge < -0.3 is 0 Å². The third kappa shape index (κ3) is 10.8. The molecule has 0 aliphatic heterocycles. The van der Waals surface area contributed by atoms with Crippen molar-refractivity contribution in [2.45, 2.75) is 19.8 Å². The second-order valence-corrected chi connectivity index (χ2v) is 1.99. The van der Waals surface area contributed by atoms with Gasteiger partial charge in [-0.3, -0.25) is 4.79 Å². The lowest BCUT2D eigenvalue weighted by Gasteiger charge is -1.78. The first kappa shape index (κ1) is 10.6. The maximum absolute atomic E-state index is 9.96. The zero-order valence-corrected chi connectivity index (χ0v) is 7.41. The molecule has 0 bridgehead atoms. The summed E-state index contributed by atoms with van der Waals surface area (Å²) in [4.78, 5) is 9.96. The van der Waals surface area contributed by atoms with E-state index in [1.807, 2.05) is 6.92 Å². The van der Waals surface area contributed by atoms with Crippen LogP contribution >= 0.6 is 32.9 Å². The van der Waals surface area contributed by atoms with Crippen LogP contribution in [0.3, 0.4) is 0 Å². The summed E-state index contributed by atoms with van der Waals surface area (Å²) in [6, 6.07) is 0. The summed E-state index contributed by atoms with van der Waals surface area (Å²) < 4.78 is 0.102. The molecule has 0 unspecified atom stereocenters. The van der Waals surface area contributed by atoms with Crippen LogP contribution in [0.4, 0.5) is 0 Å². The van der Waals surface area contributed by atoms with Crippen LogP contribution in [0.1, 0.15) is 19.8 Å². The molecule has 44 valence electrons.